The van der Waals surface area contributed by atoms with Crippen LogP contribution in [0.25, 0.3) is 0 Å². The maximum atomic E-state index is 12.6. The van der Waals surface area contributed by atoms with Gasteiger partial charge in [-0.2, -0.15) is 0 Å². The van der Waals surface area contributed by atoms with Crippen LogP contribution in [-0.2, 0) is 9.59 Å². The zero-order chi connectivity index (χ0) is 14.8. The number of nitrogens with zero attached hydrogens (tertiary/aromatic N) is 1. The van der Waals surface area contributed by atoms with E-state index in [0.717, 1.165) is 25.7 Å². The third-order valence-corrected chi connectivity index (χ3v) is 4.87. The van der Waals surface area contributed by atoms with E-state index >= 15 is 0 Å². The van der Waals surface area contributed by atoms with Gasteiger partial charge in [-0.15, -0.1) is 0 Å². The van der Waals surface area contributed by atoms with Crippen molar-refractivity contribution in [2.75, 3.05) is 6.54 Å². The van der Waals surface area contributed by atoms with Crippen molar-refractivity contribution in [1.82, 2.24) is 4.90 Å². The lowest BCUT2D eigenvalue weighted by Crippen LogP contribution is -2.43. The van der Waals surface area contributed by atoms with Crippen LogP contribution in [0.1, 0.15) is 43.6 Å². The molecule has 1 aromatic rings. The summed E-state index contributed by atoms with van der Waals surface area (Å²) in [6.45, 7) is 0.600. The van der Waals surface area contributed by atoms with Crippen molar-refractivity contribution < 1.29 is 14.7 Å². The summed E-state index contributed by atoms with van der Waals surface area (Å²) in [5.74, 6) is -0.377. The quantitative estimate of drug-likeness (QED) is 0.929. The molecule has 1 N–H and O–H groups in total. The Bertz CT molecular complexity index is 528. The molecule has 1 unspecified atom stereocenters. The van der Waals surface area contributed by atoms with Gasteiger partial charge in [0.1, 0.15) is 6.04 Å². The first-order valence-corrected chi connectivity index (χ1v) is 7.75. The Morgan fingerprint density at radius 2 is 1.86 bits per heavy atom. The molecule has 1 aliphatic carbocycles. The molecule has 4 heteroatoms. The molecule has 3 atom stereocenters. The number of hydrogen-bond acceptors (Lipinski definition) is 2. The number of likely N-dealkylation sites (tertiary alicyclic amines) is 1. The summed E-state index contributed by atoms with van der Waals surface area (Å²) in [4.78, 5) is 25.4. The summed E-state index contributed by atoms with van der Waals surface area (Å²) in [5, 5.41) is 9.21. The van der Waals surface area contributed by atoms with Crippen molar-refractivity contribution >= 4 is 11.9 Å². The number of carbonyl (C=O) groups is 2. The zero-order valence-corrected chi connectivity index (χ0v) is 12.1. The van der Waals surface area contributed by atoms with Crippen LogP contribution in [-0.4, -0.2) is 34.5 Å². The summed E-state index contributed by atoms with van der Waals surface area (Å²) in [7, 11) is 0. The smallest absolute Gasteiger partial charge is 0.326 e. The highest BCUT2D eigenvalue weighted by molar-refractivity contribution is 5.86. The fourth-order valence-electron chi connectivity index (χ4n) is 3.76. The Hall–Kier alpha value is -1.84. The van der Waals surface area contributed by atoms with Crippen LogP contribution in [0.2, 0.25) is 0 Å². The fraction of sp³-hybridized carbons (Fsp3) is 0.529. The highest BCUT2D eigenvalue weighted by Crippen LogP contribution is 2.39. The van der Waals surface area contributed by atoms with Crippen LogP contribution in [0.3, 0.4) is 0 Å². The van der Waals surface area contributed by atoms with Gasteiger partial charge in [-0.3, -0.25) is 4.79 Å². The number of aliphatic carboxylic acids is 1. The Morgan fingerprint density at radius 3 is 2.57 bits per heavy atom. The number of hydrogen-bond donors (Lipinski definition) is 1. The first kappa shape index (κ1) is 14.1. The lowest BCUT2D eigenvalue weighted by molar-refractivity contribution is -0.149. The maximum Gasteiger partial charge on any atom is 0.326 e. The second kappa shape index (κ2) is 5.88. The fourth-order valence-corrected chi connectivity index (χ4v) is 3.76. The number of carboxylic acids is 1. The molecule has 1 heterocycles. The zero-order valence-electron chi connectivity index (χ0n) is 12.1. The van der Waals surface area contributed by atoms with Crippen molar-refractivity contribution in [1.29, 1.82) is 0 Å². The molecule has 1 saturated heterocycles. The van der Waals surface area contributed by atoms with E-state index in [4.69, 9.17) is 0 Å². The molecule has 21 heavy (non-hydrogen) atoms. The van der Waals surface area contributed by atoms with Gasteiger partial charge in [0.05, 0.1) is 0 Å². The normalized spacial score (nSPS) is 28.8. The first-order chi connectivity index (χ1) is 10.2. The minimum absolute atomic E-state index is 0.00449. The van der Waals surface area contributed by atoms with Crippen molar-refractivity contribution in [3.63, 3.8) is 0 Å². The molecule has 1 aromatic carbocycles. The molecule has 0 bridgehead atoms. The second-order valence-corrected chi connectivity index (χ2v) is 6.15. The predicted molar refractivity (Wildman–Crippen MR) is 78.9 cm³/mol. The van der Waals surface area contributed by atoms with E-state index in [0.29, 0.717) is 18.9 Å². The van der Waals surface area contributed by atoms with Gasteiger partial charge in [-0.25, -0.2) is 4.79 Å². The van der Waals surface area contributed by atoms with Gasteiger partial charge in [-0.05, 0) is 43.6 Å². The molecule has 3 rings (SSSR count). The number of rotatable bonds is 3. The van der Waals surface area contributed by atoms with Gasteiger partial charge in [0, 0.05) is 12.5 Å². The number of carbonyl (C=O) groups excluding carboxylic acids is 1. The van der Waals surface area contributed by atoms with Gasteiger partial charge in [0.15, 0.2) is 0 Å². The van der Waals surface area contributed by atoms with E-state index in [1.807, 2.05) is 18.2 Å². The Balaban J connectivity index is 1.66. The van der Waals surface area contributed by atoms with Gasteiger partial charge in [0.2, 0.25) is 5.91 Å². The molecule has 1 amide bonds. The predicted octanol–water partition coefficient (Wildman–Crippen LogP) is 2.65. The Morgan fingerprint density at radius 1 is 1.10 bits per heavy atom. The number of amides is 1. The summed E-state index contributed by atoms with van der Waals surface area (Å²) in [6.07, 6.45) is 4.15. The largest absolute Gasteiger partial charge is 0.480 e. The highest BCUT2D eigenvalue weighted by atomic mass is 16.4. The van der Waals surface area contributed by atoms with E-state index in [-0.39, 0.29) is 11.8 Å². The summed E-state index contributed by atoms with van der Waals surface area (Å²) >= 11 is 0. The molecule has 4 nitrogen and oxygen atoms in total. The average molecular weight is 287 g/mol. The van der Waals surface area contributed by atoms with E-state index in [1.54, 1.807) is 4.90 Å². The van der Waals surface area contributed by atoms with Gasteiger partial charge in [-0.1, -0.05) is 30.3 Å². The molecule has 112 valence electrons. The first-order valence-electron chi connectivity index (χ1n) is 7.75. The molecule has 1 saturated carbocycles. The molecule has 0 aromatic heterocycles. The van der Waals surface area contributed by atoms with E-state index in [9.17, 15) is 14.7 Å². The topological polar surface area (TPSA) is 57.6 Å². The molecule has 1 aliphatic heterocycles. The lowest BCUT2D eigenvalue weighted by atomic mass is 9.96. The van der Waals surface area contributed by atoms with Crippen LogP contribution in [0.15, 0.2) is 30.3 Å². The van der Waals surface area contributed by atoms with Crippen LogP contribution < -0.4 is 0 Å². The Kier molecular flexibility index (Phi) is 3.95. The molecular formula is C17H21NO3. The summed E-state index contributed by atoms with van der Waals surface area (Å²) in [5.41, 5.74) is 1.30. The van der Waals surface area contributed by atoms with Crippen LogP contribution in [0, 0.1) is 5.92 Å². The lowest BCUT2D eigenvalue weighted by Gasteiger charge is -2.24. The summed E-state index contributed by atoms with van der Waals surface area (Å²) < 4.78 is 0. The molecule has 2 fully saturated rings. The minimum Gasteiger partial charge on any atom is -0.480 e. The maximum absolute atomic E-state index is 12.6. The number of benzene rings is 1. The molecular weight excluding hydrogens is 266 g/mol. The van der Waals surface area contributed by atoms with E-state index < -0.39 is 12.0 Å². The summed E-state index contributed by atoms with van der Waals surface area (Å²) in [6, 6.07) is 9.70. The van der Waals surface area contributed by atoms with Gasteiger partial charge < -0.3 is 10.0 Å². The minimum atomic E-state index is -0.863. The average Bonchev–Trinajstić information content (AvgIpc) is 3.17. The third kappa shape index (κ3) is 2.80. The van der Waals surface area contributed by atoms with Gasteiger partial charge >= 0.3 is 5.97 Å². The van der Waals surface area contributed by atoms with Crippen molar-refractivity contribution in [3.8, 4) is 0 Å². The van der Waals surface area contributed by atoms with E-state index in [2.05, 4.69) is 12.1 Å². The standard InChI is InChI=1S/C17H21NO3/c19-16(18-10-4-7-15(18)17(20)21)14-9-8-13(11-14)12-5-2-1-3-6-12/h1-3,5-6,13-15H,4,7-11H2,(H,20,21)/t13-,14-,15?/m0/s1. The molecule has 0 radical (unpaired) electrons. The highest BCUT2D eigenvalue weighted by Gasteiger charge is 2.39. The molecule has 0 spiro atoms. The van der Waals surface area contributed by atoms with Crippen LogP contribution in [0.5, 0.6) is 0 Å². The number of carboxylic acid groups (broad SMARTS) is 1. The van der Waals surface area contributed by atoms with Gasteiger partial charge in [0.25, 0.3) is 0 Å². The monoisotopic (exact) mass is 287 g/mol. The van der Waals surface area contributed by atoms with E-state index in [1.165, 1.54) is 5.56 Å². The third-order valence-electron chi connectivity index (χ3n) is 4.87. The van der Waals surface area contributed by atoms with Crippen molar-refractivity contribution in [2.24, 2.45) is 5.92 Å². The van der Waals surface area contributed by atoms with Crippen LogP contribution >= 0.6 is 0 Å². The van der Waals surface area contributed by atoms with Crippen LogP contribution in [0.4, 0.5) is 0 Å². The Labute approximate surface area is 124 Å². The van der Waals surface area contributed by atoms with Crippen molar-refractivity contribution in [3.05, 3.63) is 35.9 Å². The SMILES string of the molecule is O=C(O)C1CCCN1C(=O)[C@H]1CC[C@H](c2ccccc2)C1. The second-order valence-electron chi connectivity index (χ2n) is 6.15. The molecule has 2 aliphatic rings. The van der Waals surface area contributed by atoms with Crippen molar-refractivity contribution in [2.45, 2.75) is 44.1 Å².